The lowest BCUT2D eigenvalue weighted by Crippen LogP contribution is -2.24. The Bertz CT molecular complexity index is 987. The number of pyridine rings is 1. The summed E-state index contributed by atoms with van der Waals surface area (Å²) >= 11 is 0. The van der Waals surface area contributed by atoms with Crippen LogP contribution in [0.5, 0.6) is 0 Å². The Morgan fingerprint density at radius 2 is 1.63 bits per heavy atom. The Balaban J connectivity index is 2.30. The highest BCUT2D eigenvalue weighted by Crippen LogP contribution is 2.42. The first-order valence-electron chi connectivity index (χ1n) is 10.9. The highest BCUT2D eigenvalue weighted by Gasteiger charge is 2.18. The second-order valence-corrected chi connectivity index (χ2v) is 7.61. The Morgan fingerprint density at radius 3 is 2.20 bits per heavy atom. The van der Waals surface area contributed by atoms with Crippen molar-refractivity contribution in [1.29, 1.82) is 0 Å². The number of unbranched alkanes of at least 4 members (excludes halogenated alkanes) is 1. The lowest BCUT2D eigenvalue weighted by molar-refractivity contribution is 0.733. The van der Waals surface area contributed by atoms with Gasteiger partial charge in [0, 0.05) is 79.2 Å². The summed E-state index contributed by atoms with van der Waals surface area (Å²) in [6, 6.07) is 13.0. The molecule has 0 aliphatic heterocycles. The van der Waals surface area contributed by atoms with Gasteiger partial charge in [0.1, 0.15) is 0 Å². The molecular weight excluding hydrogens is 370 g/mol. The third-order valence-electron chi connectivity index (χ3n) is 5.68. The van der Waals surface area contributed by atoms with E-state index in [1.54, 1.807) is 0 Å². The third-order valence-corrected chi connectivity index (χ3v) is 5.68. The topological polar surface area (TPSA) is 52.2 Å². The molecule has 1 heterocycles. The molecule has 0 aliphatic rings. The van der Waals surface area contributed by atoms with Crippen molar-refractivity contribution >= 4 is 33.7 Å². The van der Waals surface area contributed by atoms with Crippen LogP contribution in [-0.2, 0) is 0 Å². The zero-order valence-corrected chi connectivity index (χ0v) is 19.2. The van der Waals surface area contributed by atoms with Crippen LogP contribution in [0.2, 0.25) is 0 Å². The molecule has 3 rings (SSSR count). The van der Waals surface area contributed by atoms with Gasteiger partial charge in [0.2, 0.25) is 0 Å². The van der Waals surface area contributed by atoms with Gasteiger partial charge in [-0.3, -0.25) is 4.98 Å². The Labute approximate surface area is 180 Å². The molecule has 5 nitrogen and oxygen atoms in total. The quantitative estimate of drug-likeness (QED) is 0.410. The van der Waals surface area contributed by atoms with Crippen LogP contribution in [-0.4, -0.2) is 39.2 Å². The molecular formula is C25H35N5. The van der Waals surface area contributed by atoms with Crippen LogP contribution in [0.25, 0.3) is 22.0 Å². The van der Waals surface area contributed by atoms with Gasteiger partial charge in [0.15, 0.2) is 0 Å². The number of nitrogens with one attached hydrogen (secondary N) is 3. The average Bonchev–Trinajstić information content (AvgIpc) is 2.78. The van der Waals surface area contributed by atoms with Crippen molar-refractivity contribution < 1.29 is 0 Å². The Hall–Kier alpha value is -2.95. The first kappa shape index (κ1) is 21.8. The smallest absolute Gasteiger partial charge is 0.0805 e. The van der Waals surface area contributed by atoms with Crippen LogP contribution in [0.4, 0.5) is 22.7 Å². The maximum Gasteiger partial charge on any atom is 0.0805 e. The summed E-state index contributed by atoms with van der Waals surface area (Å²) in [6.45, 7) is 8.62. The van der Waals surface area contributed by atoms with Crippen LogP contribution in [0.1, 0.15) is 32.4 Å². The third kappa shape index (κ3) is 4.16. The molecule has 0 fully saturated rings. The van der Waals surface area contributed by atoms with Crippen molar-refractivity contribution in [3.63, 3.8) is 0 Å². The minimum absolute atomic E-state index is 0.989. The predicted molar refractivity (Wildman–Crippen MR) is 133 cm³/mol. The van der Waals surface area contributed by atoms with Gasteiger partial charge in [-0.1, -0.05) is 31.5 Å². The molecule has 0 saturated carbocycles. The zero-order chi connectivity index (χ0) is 21.7. The highest BCUT2D eigenvalue weighted by molar-refractivity contribution is 6.06. The monoisotopic (exact) mass is 405 g/mol. The molecule has 160 valence electrons. The largest absolute Gasteiger partial charge is 0.388 e. The lowest BCUT2D eigenvalue weighted by Gasteiger charge is -2.26. The molecule has 30 heavy (non-hydrogen) atoms. The van der Waals surface area contributed by atoms with E-state index in [2.05, 4.69) is 78.0 Å². The summed E-state index contributed by atoms with van der Waals surface area (Å²) in [6.07, 6.45) is 2.38. The predicted octanol–water partition coefficient (Wildman–Crippen LogP) is 5.96. The van der Waals surface area contributed by atoms with Gasteiger partial charge in [-0.05, 0) is 38.5 Å². The first-order valence-corrected chi connectivity index (χ1v) is 10.9. The van der Waals surface area contributed by atoms with Crippen LogP contribution >= 0.6 is 0 Å². The maximum atomic E-state index is 5.01. The maximum absolute atomic E-state index is 5.01. The van der Waals surface area contributed by atoms with Gasteiger partial charge in [0.05, 0.1) is 5.52 Å². The molecule has 1 aromatic heterocycles. The second kappa shape index (κ2) is 9.70. The van der Waals surface area contributed by atoms with E-state index in [-0.39, 0.29) is 0 Å². The van der Waals surface area contributed by atoms with E-state index in [0.29, 0.717) is 0 Å². The van der Waals surface area contributed by atoms with E-state index < -0.39 is 0 Å². The van der Waals surface area contributed by atoms with Crippen molar-refractivity contribution in [3.05, 3.63) is 42.1 Å². The van der Waals surface area contributed by atoms with Crippen LogP contribution < -0.4 is 20.9 Å². The van der Waals surface area contributed by atoms with Crippen molar-refractivity contribution in [1.82, 2.24) is 4.98 Å². The van der Waals surface area contributed by atoms with E-state index in [0.717, 1.165) is 52.5 Å². The SMILES string of the molecule is CCCCN(CC)c1cc(C)nc2c(-c3c(NC)cc(NC)cc3NC)cccc12. The number of nitrogens with zero attached hydrogens (tertiary/aromatic N) is 2. The zero-order valence-electron chi connectivity index (χ0n) is 19.2. The summed E-state index contributed by atoms with van der Waals surface area (Å²) in [5.41, 5.74) is 8.86. The van der Waals surface area contributed by atoms with E-state index in [9.17, 15) is 0 Å². The summed E-state index contributed by atoms with van der Waals surface area (Å²) in [5.74, 6) is 0. The van der Waals surface area contributed by atoms with Gasteiger partial charge in [0.25, 0.3) is 0 Å². The second-order valence-electron chi connectivity index (χ2n) is 7.61. The number of aryl methyl sites for hydroxylation is 1. The number of benzene rings is 2. The number of rotatable bonds is 9. The molecule has 0 amide bonds. The van der Waals surface area contributed by atoms with Gasteiger partial charge in [-0.15, -0.1) is 0 Å². The van der Waals surface area contributed by atoms with Crippen molar-refractivity contribution in [2.24, 2.45) is 0 Å². The lowest BCUT2D eigenvalue weighted by atomic mass is 9.96. The van der Waals surface area contributed by atoms with Crippen LogP contribution in [0.3, 0.4) is 0 Å². The molecule has 0 bridgehead atoms. The number of para-hydroxylation sites is 1. The van der Waals surface area contributed by atoms with Gasteiger partial charge in [-0.25, -0.2) is 0 Å². The number of anilines is 4. The molecule has 5 heteroatoms. The number of hydrogen-bond acceptors (Lipinski definition) is 5. The summed E-state index contributed by atoms with van der Waals surface area (Å²) in [5, 5.41) is 11.2. The fourth-order valence-corrected chi connectivity index (χ4v) is 4.09. The van der Waals surface area contributed by atoms with Gasteiger partial charge >= 0.3 is 0 Å². The van der Waals surface area contributed by atoms with Gasteiger partial charge < -0.3 is 20.9 Å². The molecule has 2 aromatic carbocycles. The molecule has 0 unspecified atom stereocenters. The minimum Gasteiger partial charge on any atom is -0.388 e. The van der Waals surface area contributed by atoms with E-state index in [1.165, 1.54) is 23.9 Å². The molecule has 3 aromatic rings. The van der Waals surface area contributed by atoms with Crippen LogP contribution in [0, 0.1) is 6.92 Å². The number of aromatic nitrogens is 1. The Morgan fingerprint density at radius 1 is 0.933 bits per heavy atom. The number of fused-ring (bicyclic) bond motifs is 1. The highest BCUT2D eigenvalue weighted by atomic mass is 15.1. The standard InChI is InChI=1S/C25H35N5/c1-7-9-13-30(8-2)23-14-17(3)29-25-19(23)11-10-12-20(25)24-21(27-5)15-18(26-4)16-22(24)28-6/h10-12,14-16,26-28H,7-9,13H2,1-6H3. The number of hydrogen-bond donors (Lipinski definition) is 3. The first-order chi connectivity index (χ1) is 14.6. The molecule has 0 aliphatic carbocycles. The van der Waals surface area contributed by atoms with E-state index >= 15 is 0 Å². The normalized spacial score (nSPS) is 10.9. The molecule has 3 N–H and O–H groups in total. The molecule has 0 radical (unpaired) electrons. The molecule has 0 spiro atoms. The average molecular weight is 406 g/mol. The van der Waals surface area contributed by atoms with Gasteiger partial charge in [-0.2, -0.15) is 0 Å². The molecule has 0 atom stereocenters. The molecule has 0 saturated heterocycles. The fourth-order valence-electron chi connectivity index (χ4n) is 4.09. The van der Waals surface area contributed by atoms with Crippen LogP contribution in [0.15, 0.2) is 36.4 Å². The van der Waals surface area contributed by atoms with Crippen molar-refractivity contribution in [2.45, 2.75) is 33.6 Å². The summed E-state index contributed by atoms with van der Waals surface area (Å²) in [7, 11) is 5.88. The van der Waals surface area contributed by atoms with E-state index in [4.69, 9.17) is 4.98 Å². The summed E-state index contributed by atoms with van der Waals surface area (Å²) < 4.78 is 0. The van der Waals surface area contributed by atoms with Crippen molar-refractivity contribution in [3.8, 4) is 11.1 Å². The van der Waals surface area contributed by atoms with E-state index in [1.807, 2.05) is 21.1 Å². The fraction of sp³-hybridized carbons (Fsp3) is 0.400. The van der Waals surface area contributed by atoms with Crippen molar-refractivity contribution in [2.75, 3.05) is 55.1 Å². The Kier molecular flexibility index (Phi) is 7.03. The summed E-state index contributed by atoms with van der Waals surface area (Å²) in [4.78, 5) is 7.48. The minimum atomic E-state index is 0.989.